The molecule has 0 aromatic carbocycles. The third-order valence-corrected chi connectivity index (χ3v) is 2.95. The summed E-state index contributed by atoms with van der Waals surface area (Å²) in [6.45, 7) is 0.566. The molecule has 7 nitrogen and oxygen atoms in total. The van der Waals surface area contributed by atoms with E-state index >= 15 is 0 Å². The Morgan fingerprint density at radius 3 is 2.56 bits per heavy atom. The first-order valence-corrected chi connectivity index (χ1v) is 5.09. The van der Waals surface area contributed by atoms with Gasteiger partial charge in [0.2, 0.25) is 5.91 Å². The van der Waals surface area contributed by atoms with Crippen molar-refractivity contribution in [2.24, 2.45) is 0 Å². The van der Waals surface area contributed by atoms with Gasteiger partial charge >= 0.3 is 0 Å². The number of hydrogen-bond donors (Lipinski definition) is 6. The van der Waals surface area contributed by atoms with Crippen LogP contribution in [0.2, 0.25) is 0 Å². The number of carbonyl (C=O) groups excluding carboxylic acids is 1. The fourth-order valence-electron chi connectivity index (χ4n) is 1.53. The van der Waals surface area contributed by atoms with E-state index in [4.69, 9.17) is 9.84 Å². The van der Waals surface area contributed by atoms with Crippen molar-refractivity contribution < 1.29 is 30.0 Å². The molecule has 0 saturated carbocycles. The van der Waals surface area contributed by atoms with E-state index in [0.29, 0.717) is 0 Å². The van der Waals surface area contributed by atoms with Crippen LogP contribution in [-0.2, 0) is 9.53 Å². The van der Waals surface area contributed by atoms with Gasteiger partial charge in [-0.25, -0.2) is 0 Å². The second-order valence-corrected chi connectivity index (χ2v) is 4.37. The maximum atomic E-state index is 10.8. The zero-order valence-corrected chi connectivity index (χ0v) is 9.46. The second kappa shape index (κ2) is 4.86. The normalized spacial score (nSPS) is 44.1. The highest BCUT2D eigenvalue weighted by molar-refractivity contribution is 7.81. The molecule has 1 rings (SSSR count). The summed E-state index contributed by atoms with van der Waals surface area (Å²) in [4.78, 5) is 8.77. The molecule has 94 valence electrons. The van der Waals surface area contributed by atoms with Gasteiger partial charge in [-0.05, 0) is 0 Å². The van der Waals surface area contributed by atoms with Gasteiger partial charge < -0.3 is 30.5 Å². The molecular formula is C8H15NO6S. The summed E-state index contributed by atoms with van der Waals surface area (Å²) in [6, 6.07) is -1.21. The van der Waals surface area contributed by atoms with E-state index in [2.05, 4.69) is 17.9 Å². The number of aliphatic hydroxyl groups excluding tert-OH is 3. The molecule has 1 fully saturated rings. The van der Waals surface area contributed by atoms with Crippen LogP contribution in [0.25, 0.3) is 0 Å². The zero-order valence-electron chi connectivity index (χ0n) is 8.57. The van der Waals surface area contributed by atoms with Crippen molar-refractivity contribution >= 4 is 18.5 Å². The monoisotopic (exact) mass is 253 g/mol. The van der Waals surface area contributed by atoms with Gasteiger partial charge in [-0.3, -0.25) is 4.79 Å². The van der Waals surface area contributed by atoms with Gasteiger partial charge in [-0.15, -0.1) is 12.6 Å². The number of ether oxygens (including phenoxy) is 1. The lowest BCUT2D eigenvalue weighted by Gasteiger charge is -2.45. The third kappa shape index (κ3) is 2.47. The molecule has 0 spiro atoms. The first-order valence-electron chi connectivity index (χ1n) is 4.65. The van der Waals surface area contributed by atoms with Gasteiger partial charge in [0.25, 0.3) is 0 Å². The van der Waals surface area contributed by atoms with Gasteiger partial charge in [0.15, 0.2) is 11.2 Å². The summed E-state index contributed by atoms with van der Waals surface area (Å²) >= 11 is 3.77. The van der Waals surface area contributed by atoms with Crippen molar-refractivity contribution in [2.45, 2.75) is 36.4 Å². The first kappa shape index (κ1) is 13.7. The highest BCUT2D eigenvalue weighted by Crippen LogP contribution is 2.31. The Balaban J connectivity index is 2.86. The molecule has 0 bridgehead atoms. The minimum Gasteiger partial charge on any atom is -0.394 e. The predicted molar refractivity (Wildman–Crippen MR) is 55.5 cm³/mol. The van der Waals surface area contributed by atoms with E-state index in [0.717, 1.165) is 0 Å². The van der Waals surface area contributed by atoms with Crippen LogP contribution in [0.3, 0.4) is 0 Å². The maximum Gasteiger partial charge on any atom is 0.217 e. The Hall–Kier alpha value is -0.380. The number of rotatable bonds is 2. The quantitative estimate of drug-likeness (QED) is 0.233. The van der Waals surface area contributed by atoms with Crippen molar-refractivity contribution in [1.82, 2.24) is 5.32 Å². The third-order valence-electron chi connectivity index (χ3n) is 2.40. The Kier molecular flexibility index (Phi) is 4.16. The summed E-state index contributed by atoms with van der Waals surface area (Å²) in [5.74, 6) is -0.502. The lowest BCUT2D eigenvalue weighted by atomic mass is 9.96. The largest absolute Gasteiger partial charge is 0.394 e. The fraction of sp³-hybridized carbons (Fsp3) is 0.875. The average Bonchev–Trinajstić information content (AvgIpc) is 2.18. The average molecular weight is 253 g/mol. The van der Waals surface area contributed by atoms with Crippen molar-refractivity contribution in [3.63, 3.8) is 0 Å². The smallest absolute Gasteiger partial charge is 0.217 e. The molecule has 0 aromatic heterocycles. The van der Waals surface area contributed by atoms with Crippen molar-refractivity contribution in [1.29, 1.82) is 0 Å². The van der Waals surface area contributed by atoms with Crippen LogP contribution < -0.4 is 5.32 Å². The van der Waals surface area contributed by atoms with Crippen LogP contribution in [0, 0.1) is 0 Å². The first-order chi connectivity index (χ1) is 7.30. The van der Waals surface area contributed by atoms with Crippen LogP contribution in [0.1, 0.15) is 6.92 Å². The van der Waals surface area contributed by atoms with E-state index in [-0.39, 0.29) is 0 Å². The molecule has 5 atom stereocenters. The standard InChI is InChI=1S/C8H15NO6S/c1-3(11)9-5-6(12)8(14,16)4(2-10)15-7(5)13/h4-7,10,12-14,16H,2H2,1H3,(H,9,11)/t4-,5-,6-,7-,8+/m1/s1. The number of aliphatic hydroxyl groups is 4. The zero-order chi connectivity index (χ0) is 12.5. The maximum absolute atomic E-state index is 10.8. The van der Waals surface area contributed by atoms with Crippen LogP contribution in [-0.4, -0.2) is 62.4 Å². The number of hydrogen-bond acceptors (Lipinski definition) is 7. The van der Waals surface area contributed by atoms with E-state index in [1.54, 1.807) is 0 Å². The van der Waals surface area contributed by atoms with Crippen LogP contribution in [0.15, 0.2) is 0 Å². The predicted octanol–water partition coefficient (Wildman–Crippen LogP) is -2.82. The van der Waals surface area contributed by atoms with Gasteiger partial charge in [0, 0.05) is 6.92 Å². The van der Waals surface area contributed by atoms with Crippen molar-refractivity contribution in [3.8, 4) is 0 Å². The molecule has 0 aromatic rings. The Labute approximate surface area is 97.4 Å². The molecule has 1 heterocycles. The van der Waals surface area contributed by atoms with E-state index < -0.39 is 42.0 Å². The topological polar surface area (TPSA) is 119 Å². The number of amides is 1. The highest BCUT2D eigenvalue weighted by atomic mass is 32.1. The van der Waals surface area contributed by atoms with E-state index in [1.807, 2.05) is 0 Å². The summed E-state index contributed by atoms with van der Waals surface area (Å²) in [7, 11) is 0. The SMILES string of the molecule is CC(=O)N[C@H]1[C@H](O)O[C@H](CO)[C@](O)(S)[C@@H]1O. The molecule has 0 aliphatic carbocycles. The molecule has 8 heteroatoms. The number of nitrogens with one attached hydrogen (secondary N) is 1. The molecule has 5 N–H and O–H groups in total. The lowest BCUT2D eigenvalue weighted by Crippen LogP contribution is -2.68. The van der Waals surface area contributed by atoms with Gasteiger partial charge in [0.1, 0.15) is 18.2 Å². The van der Waals surface area contributed by atoms with Crippen LogP contribution >= 0.6 is 12.6 Å². The minimum absolute atomic E-state index is 0.502. The summed E-state index contributed by atoms with van der Waals surface area (Å²) < 4.78 is 4.84. The van der Waals surface area contributed by atoms with Crippen LogP contribution in [0.4, 0.5) is 0 Å². The summed E-state index contributed by atoms with van der Waals surface area (Å²) in [6.07, 6.45) is -4.34. The van der Waals surface area contributed by atoms with Gasteiger partial charge in [-0.2, -0.15) is 0 Å². The number of carbonyl (C=O) groups is 1. The molecule has 1 amide bonds. The molecule has 1 saturated heterocycles. The van der Waals surface area contributed by atoms with E-state index in [9.17, 15) is 20.1 Å². The Bertz CT molecular complexity index is 273. The minimum atomic E-state index is -2.05. The second-order valence-electron chi connectivity index (χ2n) is 3.65. The van der Waals surface area contributed by atoms with E-state index in [1.165, 1.54) is 6.92 Å². The van der Waals surface area contributed by atoms with Crippen LogP contribution in [0.5, 0.6) is 0 Å². The highest BCUT2D eigenvalue weighted by Gasteiger charge is 2.52. The van der Waals surface area contributed by atoms with Crippen molar-refractivity contribution in [2.75, 3.05) is 6.61 Å². The Morgan fingerprint density at radius 2 is 2.12 bits per heavy atom. The molecule has 16 heavy (non-hydrogen) atoms. The summed E-state index contributed by atoms with van der Waals surface area (Å²) in [5.41, 5.74) is 0. The summed E-state index contributed by atoms with van der Waals surface area (Å²) in [5, 5.41) is 40.1. The molecule has 0 radical (unpaired) electrons. The molecular weight excluding hydrogens is 238 g/mol. The lowest BCUT2D eigenvalue weighted by molar-refractivity contribution is -0.264. The molecule has 1 aliphatic heterocycles. The van der Waals surface area contributed by atoms with Crippen molar-refractivity contribution in [3.05, 3.63) is 0 Å². The van der Waals surface area contributed by atoms with Gasteiger partial charge in [-0.1, -0.05) is 0 Å². The Morgan fingerprint density at radius 1 is 1.56 bits per heavy atom. The molecule has 1 aliphatic rings. The molecule has 0 unspecified atom stereocenters. The van der Waals surface area contributed by atoms with Gasteiger partial charge in [0.05, 0.1) is 6.61 Å². The number of thiol groups is 1. The fourth-order valence-corrected chi connectivity index (χ4v) is 1.83.